The molecule has 20 heavy (non-hydrogen) atoms. The lowest BCUT2D eigenvalue weighted by Crippen LogP contribution is -2.16. The average Bonchev–Trinajstić information content (AvgIpc) is 3.29. The van der Waals surface area contributed by atoms with Crippen LogP contribution in [0.5, 0.6) is 5.88 Å². The van der Waals surface area contributed by atoms with Crippen LogP contribution in [0.4, 0.5) is 0 Å². The van der Waals surface area contributed by atoms with Gasteiger partial charge in [-0.05, 0) is 30.5 Å². The fourth-order valence-corrected chi connectivity index (χ4v) is 2.08. The number of nitrogens with one attached hydrogen (secondary N) is 1. The number of halogens is 1. The summed E-state index contributed by atoms with van der Waals surface area (Å²) in [5, 5.41) is 3.42. The average molecular weight is 334 g/mol. The van der Waals surface area contributed by atoms with Crippen LogP contribution >= 0.6 is 15.9 Å². The molecule has 1 aromatic heterocycles. The lowest BCUT2D eigenvalue weighted by molar-refractivity contribution is 0.291. The third kappa shape index (κ3) is 4.02. The topological polar surface area (TPSA) is 47.0 Å². The highest BCUT2D eigenvalue weighted by molar-refractivity contribution is 9.10. The van der Waals surface area contributed by atoms with Gasteiger partial charge in [0.05, 0.1) is 11.9 Å². The Hall–Kier alpha value is -1.46. The first-order chi connectivity index (χ1) is 9.79. The molecular weight excluding hydrogens is 318 g/mol. The SMILES string of the molecule is Brc1ccc(COc2cncc(CNC3CC3)n2)cc1. The molecule has 1 N–H and O–H groups in total. The van der Waals surface area contributed by atoms with Crippen LogP contribution in [-0.2, 0) is 13.2 Å². The van der Waals surface area contributed by atoms with Gasteiger partial charge < -0.3 is 10.1 Å². The van der Waals surface area contributed by atoms with Crippen LogP contribution in [0.2, 0.25) is 0 Å². The summed E-state index contributed by atoms with van der Waals surface area (Å²) in [6.07, 6.45) is 5.97. The Balaban J connectivity index is 1.56. The van der Waals surface area contributed by atoms with Gasteiger partial charge >= 0.3 is 0 Å². The Labute approximate surface area is 126 Å². The summed E-state index contributed by atoms with van der Waals surface area (Å²) >= 11 is 3.41. The molecule has 5 heteroatoms. The summed E-state index contributed by atoms with van der Waals surface area (Å²) in [5.74, 6) is 0.572. The van der Waals surface area contributed by atoms with Crippen molar-refractivity contribution in [2.45, 2.75) is 32.0 Å². The van der Waals surface area contributed by atoms with E-state index in [9.17, 15) is 0 Å². The first-order valence-electron chi connectivity index (χ1n) is 6.71. The van der Waals surface area contributed by atoms with E-state index in [2.05, 4.69) is 31.2 Å². The van der Waals surface area contributed by atoms with Crippen LogP contribution in [0.1, 0.15) is 24.1 Å². The van der Waals surface area contributed by atoms with Gasteiger partial charge in [-0.25, -0.2) is 4.98 Å². The van der Waals surface area contributed by atoms with E-state index in [1.807, 2.05) is 24.3 Å². The monoisotopic (exact) mass is 333 g/mol. The first kappa shape index (κ1) is 13.5. The lowest BCUT2D eigenvalue weighted by Gasteiger charge is -2.07. The van der Waals surface area contributed by atoms with Crippen LogP contribution in [0, 0.1) is 0 Å². The molecule has 1 aliphatic rings. The minimum absolute atomic E-state index is 0.501. The lowest BCUT2D eigenvalue weighted by atomic mass is 10.2. The molecular formula is C15H16BrN3O. The number of aromatic nitrogens is 2. The van der Waals surface area contributed by atoms with Crippen LogP contribution in [-0.4, -0.2) is 16.0 Å². The Morgan fingerprint density at radius 1 is 1.20 bits per heavy atom. The van der Waals surface area contributed by atoms with Crippen molar-refractivity contribution in [3.8, 4) is 5.88 Å². The zero-order chi connectivity index (χ0) is 13.8. The first-order valence-corrected chi connectivity index (χ1v) is 7.50. The molecule has 0 aliphatic heterocycles. The molecule has 0 saturated heterocycles. The minimum atomic E-state index is 0.501. The van der Waals surface area contributed by atoms with Gasteiger partial charge in [0.25, 0.3) is 0 Å². The van der Waals surface area contributed by atoms with Crippen LogP contribution in [0.3, 0.4) is 0 Å². The molecule has 1 saturated carbocycles. The van der Waals surface area contributed by atoms with E-state index in [-0.39, 0.29) is 0 Å². The van der Waals surface area contributed by atoms with E-state index in [0.717, 1.165) is 22.3 Å². The van der Waals surface area contributed by atoms with Gasteiger partial charge in [0.1, 0.15) is 6.61 Å². The van der Waals surface area contributed by atoms with Gasteiger partial charge in [0.2, 0.25) is 5.88 Å². The fourth-order valence-electron chi connectivity index (χ4n) is 1.82. The molecule has 0 bridgehead atoms. The standard InChI is InChI=1S/C15H16BrN3O/c16-12-3-1-11(2-4-12)10-20-15-9-17-7-14(19-15)8-18-13-5-6-13/h1-4,7,9,13,18H,5-6,8,10H2. The molecule has 104 valence electrons. The quantitative estimate of drug-likeness (QED) is 0.882. The third-order valence-electron chi connectivity index (χ3n) is 3.11. The van der Waals surface area contributed by atoms with Crippen LogP contribution in [0.15, 0.2) is 41.1 Å². The van der Waals surface area contributed by atoms with E-state index >= 15 is 0 Å². The van der Waals surface area contributed by atoms with E-state index in [1.165, 1.54) is 12.8 Å². The number of nitrogens with zero attached hydrogens (tertiary/aromatic N) is 2. The summed E-state index contributed by atoms with van der Waals surface area (Å²) in [6, 6.07) is 8.72. The molecule has 0 atom stereocenters. The van der Waals surface area contributed by atoms with Gasteiger partial charge in [-0.1, -0.05) is 28.1 Å². The summed E-state index contributed by atoms with van der Waals surface area (Å²) < 4.78 is 6.74. The number of rotatable bonds is 6. The summed E-state index contributed by atoms with van der Waals surface area (Å²) in [7, 11) is 0. The van der Waals surface area contributed by atoms with Gasteiger partial charge in [-0.2, -0.15) is 0 Å². The van der Waals surface area contributed by atoms with Crippen molar-refractivity contribution in [3.63, 3.8) is 0 Å². The van der Waals surface area contributed by atoms with Crippen molar-refractivity contribution in [2.24, 2.45) is 0 Å². The van der Waals surface area contributed by atoms with Crippen molar-refractivity contribution >= 4 is 15.9 Å². The summed E-state index contributed by atoms with van der Waals surface area (Å²) in [4.78, 5) is 8.62. The van der Waals surface area contributed by atoms with E-state index in [4.69, 9.17) is 4.74 Å². The maximum Gasteiger partial charge on any atom is 0.232 e. The maximum atomic E-state index is 5.68. The fraction of sp³-hybridized carbons (Fsp3) is 0.333. The predicted octanol–water partition coefficient (Wildman–Crippen LogP) is 3.07. The third-order valence-corrected chi connectivity index (χ3v) is 3.64. The zero-order valence-electron chi connectivity index (χ0n) is 11.1. The number of benzene rings is 1. The molecule has 1 fully saturated rings. The highest BCUT2D eigenvalue weighted by Crippen LogP contribution is 2.19. The molecule has 0 spiro atoms. The van der Waals surface area contributed by atoms with Crippen LogP contribution < -0.4 is 10.1 Å². The van der Waals surface area contributed by atoms with E-state index in [0.29, 0.717) is 18.5 Å². The van der Waals surface area contributed by atoms with Gasteiger partial charge in [-0.3, -0.25) is 4.98 Å². The van der Waals surface area contributed by atoms with Crippen molar-refractivity contribution in [2.75, 3.05) is 0 Å². The smallest absolute Gasteiger partial charge is 0.232 e. The number of hydrogen-bond acceptors (Lipinski definition) is 4. The number of hydrogen-bond donors (Lipinski definition) is 1. The van der Waals surface area contributed by atoms with Crippen molar-refractivity contribution < 1.29 is 4.74 Å². The second-order valence-electron chi connectivity index (χ2n) is 4.92. The molecule has 1 aromatic carbocycles. The molecule has 2 aromatic rings. The predicted molar refractivity (Wildman–Crippen MR) is 80.4 cm³/mol. The minimum Gasteiger partial charge on any atom is -0.472 e. The molecule has 0 radical (unpaired) electrons. The Morgan fingerprint density at radius 3 is 2.75 bits per heavy atom. The van der Waals surface area contributed by atoms with E-state index < -0.39 is 0 Å². The molecule has 0 unspecified atom stereocenters. The zero-order valence-corrected chi connectivity index (χ0v) is 12.6. The molecule has 1 aliphatic carbocycles. The molecule has 1 heterocycles. The van der Waals surface area contributed by atoms with Crippen molar-refractivity contribution in [3.05, 3.63) is 52.4 Å². The molecule has 0 amide bonds. The summed E-state index contributed by atoms with van der Waals surface area (Å²) in [5.41, 5.74) is 2.03. The van der Waals surface area contributed by atoms with Gasteiger partial charge in [-0.15, -0.1) is 0 Å². The molecule has 3 rings (SSSR count). The normalized spacial score (nSPS) is 14.2. The van der Waals surface area contributed by atoms with E-state index in [1.54, 1.807) is 12.4 Å². The Kier molecular flexibility index (Phi) is 4.28. The summed E-state index contributed by atoms with van der Waals surface area (Å²) in [6.45, 7) is 1.26. The largest absolute Gasteiger partial charge is 0.472 e. The highest BCUT2D eigenvalue weighted by atomic mass is 79.9. The Morgan fingerprint density at radius 2 is 2.00 bits per heavy atom. The Bertz CT molecular complexity index is 570. The second-order valence-corrected chi connectivity index (χ2v) is 5.83. The van der Waals surface area contributed by atoms with Gasteiger partial charge in [0.15, 0.2) is 0 Å². The number of ether oxygens (including phenoxy) is 1. The van der Waals surface area contributed by atoms with Crippen molar-refractivity contribution in [1.82, 2.24) is 15.3 Å². The maximum absolute atomic E-state index is 5.68. The molecule has 4 nitrogen and oxygen atoms in total. The van der Waals surface area contributed by atoms with Crippen molar-refractivity contribution in [1.29, 1.82) is 0 Å². The van der Waals surface area contributed by atoms with Gasteiger partial charge in [0, 0.05) is 23.3 Å². The highest BCUT2D eigenvalue weighted by Gasteiger charge is 2.20. The van der Waals surface area contributed by atoms with Crippen LogP contribution in [0.25, 0.3) is 0 Å². The second kappa shape index (κ2) is 6.33.